The van der Waals surface area contributed by atoms with Crippen molar-refractivity contribution in [2.75, 3.05) is 31.5 Å². The Labute approximate surface area is 255 Å². The predicted molar refractivity (Wildman–Crippen MR) is 160 cm³/mol. The number of fused-ring (bicyclic) bond motifs is 1. The molecule has 0 saturated carbocycles. The number of carbonyl (C=O) groups excluding carboxylic acids is 3. The standard InChI is InChI=1S/C31H36Cl2N4O5/c32-25-6-5-21(16-26(25)33)15-23(30(41)36-11-7-20(8-12-36)17-29(39)40)18-28(38)35-13-9-24(10-14-35)37-19-22-3-1-2-4-27(22)34-31(37)42/h1-6,16,20,23-24H,7-15,17-19H2,(H,34,42)(H,39,40)/t23-/m1/s1. The van der Waals surface area contributed by atoms with Gasteiger partial charge in [-0.25, -0.2) is 4.79 Å². The van der Waals surface area contributed by atoms with Crippen LogP contribution in [0.25, 0.3) is 0 Å². The summed E-state index contributed by atoms with van der Waals surface area (Å²) in [4.78, 5) is 56.6. The first-order valence-electron chi connectivity index (χ1n) is 14.6. The fourth-order valence-corrected chi connectivity index (χ4v) is 6.67. The van der Waals surface area contributed by atoms with Gasteiger partial charge in [0.1, 0.15) is 0 Å². The number of piperidine rings is 2. The number of aliphatic carboxylic acids is 1. The van der Waals surface area contributed by atoms with Crippen LogP contribution >= 0.6 is 23.2 Å². The Kier molecular flexibility index (Phi) is 9.58. The molecule has 0 unspecified atom stereocenters. The first kappa shape index (κ1) is 30.2. The molecule has 9 nitrogen and oxygen atoms in total. The number of amides is 4. The topological polar surface area (TPSA) is 110 Å². The first-order chi connectivity index (χ1) is 20.2. The van der Waals surface area contributed by atoms with Crippen LogP contribution in [0.3, 0.4) is 0 Å². The average molecular weight is 616 g/mol. The Morgan fingerprint density at radius 1 is 0.929 bits per heavy atom. The third kappa shape index (κ3) is 7.18. The van der Waals surface area contributed by atoms with Crippen molar-refractivity contribution in [1.29, 1.82) is 0 Å². The van der Waals surface area contributed by atoms with Crippen LogP contribution in [0.15, 0.2) is 42.5 Å². The van der Waals surface area contributed by atoms with E-state index in [0.717, 1.165) is 16.8 Å². The highest BCUT2D eigenvalue weighted by molar-refractivity contribution is 6.42. The smallest absolute Gasteiger partial charge is 0.322 e. The minimum atomic E-state index is -0.822. The lowest BCUT2D eigenvalue weighted by Crippen LogP contribution is -2.51. The molecule has 2 saturated heterocycles. The number of carboxylic acid groups (broad SMARTS) is 1. The van der Waals surface area contributed by atoms with E-state index in [9.17, 15) is 19.2 Å². The highest BCUT2D eigenvalue weighted by Gasteiger charge is 2.35. The van der Waals surface area contributed by atoms with E-state index >= 15 is 0 Å². The lowest BCUT2D eigenvalue weighted by molar-refractivity contribution is -0.143. The largest absolute Gasteiger partial charge is 0.481 e. The average Bonchev–Trinajstić information content (AvgIpc) is 2.98. The molecule has 4 amide bonds. The number of nitrogens with zero attached hydrogens (tertiary/aromatic N) is 3. The number of rotatable bonds is 8. The molecule has 2 N–H and O–H groups in total. The molecule has 3 heterocycles. The number of hydrogen-bond donors (Lipinski definition) is 2. The second-order valence-corrected chi connectivity index (χ2v) is 12.4. The fraction of sp³-hybridized carbons (Fsp3) is 0.484. The maximum absolute atomic E-state index is 13.7. The maximum Gasteiger partial charge on any atom is 0.322 e. The molecule has 2 fully saturated rings. The van der Waals surface area contributed by atoms with Gasteiger partial charge in [-0.05, 0) is 67.3 Å². The third-order valence-corrected chi connectivity index (χ3v) is 9.48. The third-order valence-electron chi connectivity index (χ3n) is 8.74. The van der Waals surface area contributed by atoms with E-state index in [1.54, 1.807) is 21.9 Å². The van der Waals surface area contributed by atoms with Gasteiger partial charge in [0.2, 0.25) is 11.8 Å². The number of carbonyl (C=O) groups is 4. The molecule has 0 aromatic heterocycles. The molecule has 3 aliphatic heterocycles. The second-order valence-electron chi connectivity index (χ2n) is 11.5. The molecule has 3 aliphatic rings. The number of carboxylic acids is 1. The molecule has 11 heteroatoms. The van der Waals surface area contributed by atoms with Crippen LogP contribution in [0.4, 0.5) is 10.5 Å². The van der Waals surface area contributed by atoms with Crippen molar-refractivity contribution in [1.82, 2.24) is 14.7 Å². The summed E-state index contributed by atoms with van der Waals surface area (Å²) < 4.78 is 0. The molecule has 0 spiro atoms. The Hall–Kier alpha value is -3.30. The summed E-state index contributed by atoms with van der Waals surface area (Å²) in [6, 6.07) is 13.0. The van der Waals surface area contributed by atoms with Gasteiger partial charge in [0.25, 0.3) is 0 Å². The maximum atomic E-state index is 13.7. The van der Waals surface area contributed by atoms with Crippen molar-refractivity contribution < 1.29 is 24.3 Å². The van der Waals surface area contributed by atoms with E-state index < -0.39 is 11.9 Å². The molecule has 0 bridgehead atoms. The molecule has 5 rings (SSSR count). The Morgan fingerprint density at radius 3 is 2.31 bits per heavy atom. The van der Waals surface area contributed by atoms with Crippen LogP contribution in [0, 0.1) is 11.8 Å². The van der Waals surface area contributed by atoms with E-state index in [1.807, 2.05) is 35.2 Å². The molecule has 224 valence electrons. The lowest BCUT2D eigenvalue weighted by Gasteiger charge is -2.41. The van der Waals surface area contributed by atoms with Crippen LogP contribution in [0.1, 0.15) is 49.7 Å². The lowest BCUT2D eigenvalue weighted by atomic mass is 9.90. The molecule has 42 heavy (non-hydrogen) atoms. The number of benzene rings is 2. The van der Waals surface area contributed by atoms with Gasteiger partial charge >= 0.3 is 12.0 Å². The van der Waals surface area contributed by atoms with Gasteiger partial charge in [-0.3, -0.25) is 14.4 Å². The van der Waals surface area contributed by atoms with Crippen LogP contribution < -0.4 is 5.32 Å². The molecule has 0 aliphatic carbocycles. The summed E-state index contributed by atoms with van der Waals surface area (Å²) in [5.74, 6) is -1.52. The summed E-state index contributed by atoms with van der Waals surface area (Å²) in [7, 11) is 0. The highest BCUT2D eigenvalue weighted by Crippen LogP contribution is 2.30. The fourth-order valence-electron chi connectivity index (χ4n) is 6.34. The molecular formula is C31H36Cl2N4O5. The Morgan fingerprint density at radius 2 is 1.62 bits per heavy atom. The number of nitrogens with one attached hydrogen (secondary N) is 1. The van der Waals surface area contributed by atoms with E-state index in [4.69, 9.17) is 28.3 Å². The van der Waals surface area contributed by atoms with Gasteiger partial charge < -0.3 is 25.1 Å². The number of anilines is 1. The Bertz CT molecular complexity index is 1340. The van der Waals surface area contributed by atoms with Gasteiger partial charge in [-0.2, -0.15) is 0 Å². The van der Waals surface area contributed by atoms with E-state index in [1.165, 1.54) is 0 Å². The van der Waals surface area contributed by atoms with Gasteiger partial charge in [-0.1, -0.05) is 47.5 Å². The summed E-state index contributed by atoms with van der Waals surface area (Å²) in [5, 5.41) is 12.9. The zero-order valence-electron chi connectivity index (χ0n) is 23.4. The quantitative estimate of drug-likeness (QED) is 0.419. The normalized spacial score (nSPS) is 18.8. The van der Waals surface area contributed by atoms with E-state index in [0.29, 0.717) is 74.9 Å². The van der Waals surface area contributed by atoms with Crippen LogP contribution in [0.5, 0.6) is 0 Å². The van der Waals surface area contributed by atoms with Crippen molar-refractivity contribution >= 4 is 52.7 Å². The number of halogens is 2. The summed E-state index contributed by atoms with van der Waals surface area (Å²) in [6.45, 7) is 2.54. The van der Waals surface area contributed by atoms with Crippen molar-refractivity contribution in [3.8, 4) is 0 Å². The molecule has 2 aromatic carbocycles. The molecule has 1 atom stereocenters. The monoisotopic (exact) mass is 614 g/mol. The van der Waals surface area contributed by atoms with E-state index in [-0.39, 0.29) is 42.6 Å². The molecular weight excluding hydrogens is 579 g/mol. The van der Waals surface area contributed by atoms with Crippen molar-refractivity contribution in [2.45, 2.75) is 57.5 Å². The minimum Gasteiger partial charge on any atom is -0.481 e. The summed E-state index contributed by atoms with van der Waals surface area (Å²) in [5.41, 5.74) is 2.74. The zero-order valence-corrected chi connectivity index (χ0v) is 24.9. The van der Waals surface area contributed by atoms with Gasteiger partial charge in [-0.15, -0.1) is 0 Å². The second kappa shape index (κ2) is 13.3. The predicted octanol–water partition coefficient (Wildman–Crippen LogP) is 5.29. The first-order valence-corrected chi connectivity index (χ1v) is 15.3. The van der Waals surface area contributed by atoms with Crippen molar-refractivity contribution in [3.05, 3.63) is 63.6 Å². The van der Waals surface area contributed by atoms with Crippen molar-refractivity contribution in [2.24, 2.45) is 11.8 Å². The zero-order chi connectivity index (χ0) is 29.8. The van der Waals surface area contributed by atoms with Crippen LogP contribution in [-0.4, -0.2) is 75.8 Å². The number of urea groups is 1. The van der Waals surface area contributed by atoms with Crippen molar-refractivity contribution in [3.63, 3.8) is 0 Å². The van der Waals surface area contributed by atoms with E-state index in [2.05, 4.69) is 5.32 Å². The Balaban J connectivity index is 1.21. The van der Waals surface area contributed by atoms with Gasteiger partial charge in [0.15, 0.2) is 0 Å². The van der Waals surface area contributed by atoms with Gasteiger partial charge in [0.05, 0.1) is 16.0 Å². The van der Waals surface area contributed by atoms with Crippen LogP contribution in [0.2, 0.25) is 10.0 Å². The SMILES string of the molecule is O=C(O)CC1CCN(C(=O)[C@@H](CC(=O)N2CCC(N3Cc4ccccc4NC3=O)CC2)Cc2ccc(Cl)c(Cl)c2)CC1. The molecule has 0 radical (unpaired) electrons. The summed E-state index contributed by atoms with van der Waals surface area (Å²) in [6.07, 6.45) is 3.13. The van der Waals surface area contributed by atoms with Gasteiger partial charge in [0, 0.05) is 57.3 Å². The number of hydrogen-bond acceptors (Lipinski definition) is 4. The highest BCUT2D eigenvalue weighted by atomic mass is 35.5. The minimum absolute atomic E-state index is 0.0307. The van der Waals surface area contributed by atoms with Crippen LogP contribution in [-0.2, 0) is 27.3 Å². The molecule has 2 aromatic rings. The number of likely N-dealkylation sites (tertiary alicyclic amines) is 2. The number of para-hydroxylation sites is 1. The summed E-state index contributed by atoms with van der Waals surface area (Å²) >= 11 is 12.3.